The summed E-state index contributed by atoms with van der Waals surface area (Å²) >= 11 is 0. The van der Waals surface area contributed by atoms with E-state index in [1.54, 1.807) is 0 Å². The number of benzene rings is 3. The fraction of sp³-hybridized carbons (Fsp3) is 0.241. The van der Waals surface area contributed by atoms with Gasteiger partial charge in [-0.3, -0.25) is 14.3 Å². The Morgan fingerprint density at radius 2 is 1.47 bits per heavy atom. The number of aliphatic hydroxyl groups excluding tert-OH is 1. The van der Waals surface area contributed by atoms with Gasteiger partial charge in [-0.2, -0.15) is 4.39 Å². The summed E-state index contributed by atoms with van der Waals surface area (Å²) in [5.74, 6) is -1.17. The number of nitrogens with one attached hydrogen (secondary N) is 1. The molecule has 8 nitrogen and oxygen atoms in total. The normalized spacial score (nSPS) is 21.4. The average molecular weight is 519 g/mol. The molecule has 0 amide bonds. The molecule has 0 radical (unpaired) electrons. The summed E-state index contributed by atoms with van der Waals surface area (Å²) < 4.78 is 22.6. The second-order valence-corrected chi connectivity index (χ2v) is 9.12. The topological polar surface area (TPSA) is 103 Å². The van der Waals surface area contributed by atoms with Gasteiger partial charge in [-0.25, -0.2) is 14.6 Å². The van der Waals surface area contributed by atoms with E-state index >= 15 is 0 Å². The Bertz CT molecular complexity index is 1400. The van der Waals surface area contributed by atoms with Crippen molar-refractivity contribution in [3.63, 3.8) is 0 Å². The van der Waals surface area contributed by atoms with Gasteiger partial charge in [-0.05, 0) is 16.7 Å². The van der Waals surface area contributed by atoms with Crippen molar-refractivity contribution in [2.24, 2.45) is 0 Å². The Balaban J connectivity index is 1.96. The van der Waals surface area contributed by atoms with Crippen LogP contribution >= 0.6 is 0 Å². The minimum atomic E-state index is -1.76. The highest BCUT2D eigenvalue weighted by atomic mass is 19.1. The van der Waals surface area contributed by atoms with E-state index < -0.39 is 40.4 Å². The number of nitrogens with zero attached hydrogens (tertiary/aromatic N) is 1. The van der Waals surface area contributed by atoms with Crippen LogP contribution in [0.15, 0.2) is 107 Å². The number of rotatable bonds is 8. The van der Waals surface area contributed by atoms with Crippen molar-refractivity contribution in [2.45, 2.75) is 29.8 Å². The van der Waals surface area contributed by atoms with E-state index in [1.165, 1.54) is 7.11 Å². The van der Waals surface area contributed by atoms with E-state index in [2.05, 4.69) is 4.98 Å². The molecule has 0 saturated carbocycles. The van der Waals surface area contributed by atoms with Crippen molar-refractivity contribution in [3.05, 3.63) is 141 Å². The minimum absolute atomic E-state index is 0.144. The molecule has 0 unspecified atom stereocenters. The van der Waals surface area contributed by atoms with Crippen molar-refractivity contribution < 1.29 is 24.0 Å². The number of hydrogen-bond donors (Lipinski definition) is 2. The lowest BCUT2D eigenvalue weighted by atomic mass is 9.61. The Kier molecular flexibility index (Phi) is 7.09. The average Bonchev–Trinajstić information content (AvgIpc) is 3.28. The fourth-order valence-electron chi connectivity index (χ4n) is 5.61. The van der Waals surface area contributed by atoms with E-state index in [-0.39, 0.29) is 13.0 Å². The lowest BCUT2D eigenvalue weighted by molar-refractivity contribution is -0.295. The van der Waals surface area contributed by atoms with E-state index in [4.69, 9.17) is 14.5 Å². The lowest BCUT2D eigenvalue weighted by Gasteiger charge is -2.50. The second kappa shape index (κ2) is 10.5. The third-order valence-electron chi connectivity index (χ3n) is 7.11. The van der Waals surface area contributed by atoms with Crippen molar-refractivity contribution in [1.82, 2.24) is 9.55 Å². The molecule has 0 spiro atoms. The SMILES string of the molecule is COOC[C@@H]1O[C@](n2cc(F)c(=O)[nH]c2=O)(C(c2ccccc2)(c2ccccc2)c2ccccc2)C[C@@H]1O. The highest BCUT2D eigenvalue weighted by Crippen LogP contribution is 2.56. The van der Waals surface area contributed by atoms with Gasteiger partial charge in [0.15, 0.2) is 5.72 Å². The number of halogens is 1. The molecule has 4 aromatic rings. The Morgan fingerprint density at radius 1 is 0.974 bits per heavy atom. The summed E-state index contributed by atoms with van der Waals surface area (Å²) in [6.45, 7) is -0.158. The fourth-order valence-corrected chi connectivity index (χ4v) is 5.61. The third kappa shape index (κ3) is 4.10. The smallest absolute Gasteiger partial charge is 0.330 e. The summed E-state index contributed by atoms with van der Waals surface area (Å²) in [5, 5.41) is 11.3. The highest BCUT2D eigenvalue weighted by Gasteiger charge is 2.63. The number of aromatic amines is 1. The van der Waals surface area contributed by atoms with Gasteiger partial charge in [0.1, 0.15) is 12.7 Å². The van der Waals surface area contributed by atoms with Crippen molar-refractivity contribution in [1.29, 1.82) is 0 Å². The van der Waals surface area contributed by atoms with Gasteiger partial charge in [0.2, 0.25) is 5.82 Å². The van der Waals surface area contributed by atoms with Crippen molar-refractivity contribution in [2.75, 3.05) is 13.7 Å². The van der Waals surface area contributed by atoms with Crippen LogP contribution in [0.3, 0.4) is 0 Å². The lowest BCUT2D eigenvalue weighted by Crippen LogP contribution is -2.59. The molecular weight excluding hydrogens is 491 g/mol. The first-order valence-corrected chi connectivity index (χ1v) is 12.1. The molecule has 1 aromatic heterocycles. The molecule has 1 aliphatic rings. The molecular formula is C29H27FN2O6. The zero-order chi connectivity index (χ0) is 26.8. The maximum absolute atomic E-state index is 14.9. The molecule has 0 aliphatic carbocycles. The van der Waals surface area contributed by atoms with Gasteiger partial charge in [-0.15, -0.1) is 0 Å². The molecule has 3 aromatic carbocycles. The first-order valence-electron chi connectivity index (χ1n) is 12.1. The Hall–Kier alpha value is -3.89. The van der Waals surface area contributed by atoms with Gasteiger partial charge < -0.3 is 9.84 Å². The van der Waals surface area contributed by atoms with Crippen LogP contribution in [0.2, 0.25) is 0 Å². The van der Waals surface area contributed by atoms with Gasteiger partial charge >= 0.3 is 5.69 Å². The van der Waals surface area contributed by atoms with Crippen LogP contribution in [0.1, 0.15) is 23.1 Å². The van der Waals surface area contributed by atoms with Crippen LogP contribution in [0, 0.1) is 5.82 Å². The van der Waals surface area contributed by atoms with E-state index in [9.17, 15) is 19.1 Å². The van der Waals surface area contributed by atoms with E-state index in [0.29, 0.717) is 0 Å². The highest BCUT2D eigenvalue weighted by molar-refractivity contribution is 5.53. The first-order chi connectivity index (χ1) is 18.4. The molecule has 38 heavy (non-hydrogen) atoms. The number of H-pyrrole nitrogens is 1. The van der Waals surface area contributed by atoms with Crippen molar-refractivity contribution >= 4 is 0 Å². The van der Waals surface area contributed by atoms with Crippen LogP contribution in [-0.4, -0.2) is 40.6 Å². The van der Waals surface area contributed by atoms with Crippen LogP contribution in [0.25, 0.3) is 0 Å². The maximum atomic E-state index is 14.9. The van der Waals surface area contributed by atoms with Gasteiger partial charge in [0, 0.05) is 6.42 Å². The second-order valence-electron chi connectivity index (χ2n) is 9.12. The molecule has 5 rings (SSSR count). The molecule has 2 heterocycles. The molecule has 2 N–H and O–H groups in total. The zero-order valence-electron chi connectivity index (χ0n) is 20.6. The van der Waals surface area contributed by atoms with Gasteiger partial charge in [0.25, 0.3) is 5.56 Å². The third-order valence-corrected chi connectivity index (χ3v) is 7.11. The van der Waals surface area contributed by atoms with Crippen LogP contribution < -0.4 is 11.2 Å². The molecule has 1 fully saturated rings. The Labute approximate surface area is 217 Å². The van der Waals surface area contributed by atoms with Gasteiger partial charge in [0.05, 0.1) is 24.8 Å². The minimum Gasteiger partial charge on any atom is -0.390 e. The number of hydrogen-bond acceptors (Lipinski definition) is 6. The number of aliphatic hydroxyl groups is 1. The van der Waals surface area contributed by atoms with Crippen LogP contribution in [0.4, 0.5) is 4.39 Å². The molecule has 9 heteroatoms. The zero-order valence-corrected chi connectivity index (χ0v) is 20.6. The van der Waals surface area contributed by atoms with Crippen molar-refractivity contribution in [3.8, 4) is 0 Å². The summed E-state index contributed by atoms with van der Waals surface area (Å²) in [5.41, 5.74) is -2.95. The Morgan fingerprint density at radius 3 is 1.95 bits per heavy atom. The summed E-state index contributed by atoms with van der Waals surface area (Å²) in [4.78, 5) is 37.5. The molecule has 196 valence electrons. The summed E-state index contributed by atoms with van der Waals surface area (Å²) in [6, 6.07) is 28.1. The monoisotopic (exact) mass is 518 g/mol. The molecule has 0 bridgehead atoms. The molecule has 3 atom stereocenters. The van der Waals surface area contributed by atoms with Crippen LogP contribution in [0.5, 0.6) is 0 Å². The predicted octanol–water partition coefficient (Wildman–Crippen LogP) is 3.09. The number of ether oxygens (including phenoxy) is 1. The quantitative estimate of drug-likeness (QED) is 0.211. The summed E-state index contributed by atoms with van der Waals surface area (Å²) in [7, 11) is 1.33. The molecule has 1 saturated heterocycles. The standard InChI is InChI=1S/C29H27FN2O6/c1-36-37-19-25-24(33)17-28(38-25,32-18-23(30)26(34)31-27(32)35)29(20-11-5-2-6-12-20,21-13-7-3-8-14-21)22-15-9-4-10-16-22/h2-16,18,24-25,33H,17,19H2,1H3,(H,31,34,35)/t24-,25-,28-/m0/s1. The van der Waals surface area contributed by atoms with Gasteiger partial charge in [-0.1, -0.05) is 91.0 Å². The maximum Gasteiger partial charge on any atom is 0.330 e. The summed E-state index contributed by atoms with van der Waals surface area (Å²) in [6.07, 6.45) is -1.39. The first kappa shape index (κ1) is 25.7. The number of aromatic nitrogens is 2. The molecule has 1 aliphatic heterocycles. The largest absolute Gasteiger partial charge is 0.390 e. The van der Waals surface area contributed by atoms with Crippen LogP contribution in [-0.2, 0) is 25.7 Å². The predicted molar refractivity (Wildman–Crippen MR) is 137 cm³/mol. The van der Waals surface area contributed by atoms with E-state index in [0.717, 1.165) is 27.5 Å². The van der Waals surface area contributed by atoms with E-state index in [1.807, 2.05) is 91.0 Å².